The van der Waals surface area contributed by atoms with E-state index in [2.05, 4.69) is 30.5 Å². The van der Waals surface area contributed by atoms with Crippen molar-refractivity contribution in [3.05, 3.63) is 35.4 Å². The first kappa shape index (κ1) is 12.6. The topological polar surface area (TPSA) is 55.1 Å². The third-order valence-electron chi connectivity index (χ3n) is 2.31. The maximum absolute atomic E-state index is 11.3. The first-order valence-corrected chi connectivity index (χ1v) is 5.66. The average molecular weight is 236 g/mol. The SMILES string of the molecule is CCc1ccccc1CNC(=O)CC(N)=S. The van der Waals surface area contributed by atoms with Gasteiger partial charge in [0.25, 0.3) is 0 Å². The highest BCUT2D eigenvalue weighted by molar-refractivity contribution is 7.80. The van der Waals surface area contributed by atoms with Gasteiger partial charge in [0, 0.05) is 6.54 Å². The minimum Gasteiger partial charge on any atom is -0.393 e. The molecule has 0 unspecified atom stereocenters. The molecule has 0 saturated heterocycles. The molecule has 4 heteroatoms. The number of aryl methyl sites for hydroxylation is 1. The molecular weight excluding hydrogens is 220 g/mol. The first-order chi connectivity index (χ1) is 7.63. The van der Waals surface area contributed by atoms with Gasteiger partial charge in [0.1, 0.15) is 0 Å². The largest absolute Gasteiger partial charge is 0.393 e. The lowest BCUT2D eigenvalue weighted by Crippen LogP contribution is -2.27. The van der Waals surface area contributed by atoms with Crippen LogP contribution >= 0.6 is 12.2 Å². The highest BCUT2D eigenvalue weighted by Crippen LogP contribution is 2.08. The minimum absolute atomic E-state index is 0.115. The molecule has 0 bridgehead atoms. The highest BCUT2D eigenvalue weighted by Gasteiger charge is 2.04. The number of carbonyl (C=O) groups excluding carboxylic acids is 1. The van der Waals surface area contributed by atoms with E-state index in [1.807, 2.05) is 18.2 Å². The summed E-state index contributed by atoms with van der Waals surface area (Å²) in [6, 6.07) is 8.04. The molecule has 0 atom stereocenters. The molecule has 3 nitrogen and oxygen atoms in total. The number of benzene rings is 1. The number of nitrogens with one attached hydrogen (secondary N) is 1. The summed E-state index contributed by atoms with van der Waals surface area (Å²) in [6.45, 7) is 2.63. The van der Waals surface area contributed by atoms with Gasteiger partial charge in [-0.25, -0.2) is 0 Å². The van der Waals surface area contributed by atoms with Crippen LogP contribution in [0.5, 0.6) is 0 Å². The van der Waals surface area contributed by atoms with Crippen LogP contribution in [-0.2, 0) is 17.8 Å². The molecule has 0 aromatic heterocycles. The Labute approximate surface area is 101 Å². The van der Waals surface area contributed by atoms with Gasteiger partial charge < -0.3 is 11.1 Å². The van der Waals surface area contributed by atoms with E-state index < -0.39 is 0 Å². The van der Waals surface area contributed by atoms with Gasteiger partial charge in [0.05, 0.1) is 11.4 Å². The summed E-state index contributed by atoms with van der Waals surface area (Å²) in [5.41, 5.74) is 7.68. The Bertz CT molecular complexity index is 390. The zero-order valence-corrected chi connectivity index (χ0v) is 10.1. The van der Waals surface area contributed by atoms with Crippen LogP contribution < -0.4 is 11.1 Å². The van der Waals surface area contributed by atoms with E-state index in [4.69, 9.17) is 5.73 Å². The fraction of sp³-hybridized carbons (Fsp3) is 0.333. The molecule has 0 saturated carbocycles. The number of amides is 1. The summed E-state index contributed by atoms with van der Waals surface area (Å²) >= 11 is 4.67. The number of hydrogen-bond acceptors (Lipinski definition) is 2. The molecule has 1 aromatic carbocycles. The molecule has 0 radical (unpaired) electrons. The lowest BCUT2D eigenvalue weighted by molar-refractivity contribution is -0.120. The Morgan fingerprint density at radius 2 is 2.00 bits per heavy atom. The van der Waals surface area contributed by atoms with Gasteiger partial charge in [-0.2, -0.15) is 0 Å². The van der Waals surface area contributed by atoms with Gasteiger partial charge in [-0.3, -0.25) is 4.79 Å². The second-order valence-electron chi connectivity index (χ2n) is 3.54. The summed E-state index contributed by atoms with van der Waals surface area (Å²) in [5, 5.41) is 2.80. The molecule has 0 aliphatic carbocycles. The predicted octanol–water partition coefficient (Wildman–Crippen LogP) is 1.54. The van der Waals surface area contributed by atoms with Crippen molar-refractivity contribution in [2.45, 2.75) is 26.3 Å². The number of rotatable bonds is 5. The summed E-state index contributed by atoms with van der Waals surface area (Å²) in [6.07, 6.45) is 1.07. The molecule has 86 valence electrons. The fourth-order valence-corrected chi connectivity index (χ4v) is 1.62. The second kappa shape index (κ2) is 6.23. The summed E-state index contributed by atoms with van der Waals surface area (Å²) in [7, 11) is 0. The van der Waals surface area contributed by atoms with Crippen LogP contribution in [0.25, 0.3) is 0 Å². The van der Waals surface area contributed by atoms with E-state index >= 15 is 0 Å². The van der Waals surface area contributed by atoms with Crippen LogP contribution in [0.1, 0.15) is 24.5 Å². The molecule has 1 amide bonds. The van der Waals surface area contributed by atoms with E-state index in [1.54, 1.807) is 0 Å². The first-order valence-electron chi connectivity index (χ1n) is 5.25. The zero-order chi connectivity index (χ0) is 12.0. The molecule has 1 rings (SSSR count). The van der Waals surface area contributed by atoms with Gasteiger partial charge in [-0.15, -0.1) is 0 Å². The highest BCUT2D eigenvalue weighted by atomic mass is 32.1. The van der Waals surface area contributed by atoms with Crippen LogP contribution in [0.2, 0.25) is 0 Å². The normalized spacial score (nSPS) is 9.81. The smallest absolute Gasteiger partial charge is 0.227 e. The molecule has 0 aliphatic heterocycles. The number of carbonyl (C=O) groups is 1. The molecule has 1 aromatic rings. The van der Waals surface area contributed by atoms with Gasteiger partial charge >= 0.3 is 0 Å². The number of thiocarbonyl (C=S) groups is 1. The summed E-state index contributed by atoms with van der Waals surface area (Å²) < 4.78 is 0. The maximum Gasteiger partial charge on any atom is 0.227 e. The third-order valence-corrected chi connectivity index (χ3v) is 2.45. The minimum atomic E-state index is -0.126. The monoisotopic (exact) mass is 236 g/mol. The Balaban J connectivity index is 2.54. The van der Waals surface area contributed by atoms with Crippen LogP contribution in [0, 0.1) is 0 Å². The van der Waals surface area contributed by atoms with Crippen molar-refractivity contribution in [3.63, 3.8) is 0 Å². The van der Waals surface area contributed by atoms with Gasteiger partial charge in [-0.05, 0) is 17.5 Å². The Hall–Kier alpha value is -1.42. The zero-order valence-electron chi connectivity index (χ0n) is 9.32. The summed E-state index contributed by atoms with van der Waals surface area (Å²) in [5.74, 6) is -0.126. The van der Waals surface area contributed by atoms with Crippen molar-refractivity contribution in [1.29, 1.82) is 0 Å². The lowest BCUT2D eigenvalue weighted by Gasteiger charge is -2.08. The molecule has 3 N–H and O–H groups in total. The fourth-order valence-electron chi connectivity index (χ4n) is 1.49. The molecule has 16 heavy (non-hydrogen) atoms. The molecule has 0 aliphatic rings. The van der Waals surface area contributed by atoms with Crippen molar-refractivity contribution in [2.24, 2.45) is 5.73 Å². The average Bonchev–Trinajstić information content (AvgIpc) is 2.26. The second-order valence-corrected chi connectivity index (χ2v) is 4.07. The number of hydrogen-bond donors (Lipinski definition) is 2. The van der Waals surface area contributed by atoms with E-state index in [-0.39, 0.29) is 17.3 Å². The van der Waals surface area contributed by atoms with E-state index in [1.165, 1.54) is 5.56 Å². The Morgan fingerprint density at radius 3 is 2.56 bits per heavy atom. The van der Waals surface area contributed by atoms with E-state index in [0.29, 0.717) is 6.54 Å². The molecular formula is C12H16N2OS. The van der Waals surface area contributed by atoms with Crippen molar-refractivity contribution in [1.82, 2.24) is 5.32 Å². The standard InChI is InChI=1S/C12H16N2OS/c1-2-9-5-3-4-6-10(9)8-14-12(15)7-11(13)16/h3-6H,2,7-8H2,1H3,(H2,13,16)(H,14,15). The molecule has 0 fully saturated rings. The van der Waals surface area contributed by atoms with Crippen LogP contribution in [0.15, 0.2) is 24.3 Å². The van der Waals surface area contributed by atoms with Gasteiger partial charge in [0.2, 0.25) is 5.91 Å². The molecule has 0 heterocycles. The summed E-state index contributed by atoms with van der Waals surface area (Å²) in [4.78, 5) is 11.6. The molecule has 0 spiro atoms. The lowest BCUT2D eigenvalue weighted by atomic mass is 10.1. The van der Waals surface area contributed by atoms with Gasteiger partial charge in [0.15, 0.2) is 0 Å². The van der Waals surface area contributed by atoms with Crippen LogP contribution in [0.3, 0.4) is 0 Å². The van der Waals surface area contributed by atoms with Gasteiger partial charge in [-0.1, -0.05) is 43.4 Å². The third kappa shape index (κ3) is 3.98. The van der Waals surface area contributed by atoms with Crippen molar-refractivity contribution < 1.29 is 4.79 Å². The quantitative estimate of drug-likeness (QED) is 0.763. The predicted molar refractivity (Wildman–Crippen MR) is 69.1 cm³/mol. The van der Waals surface area contributed by atoms with Crippen molar-refractivity contribution in [3.8, 4) is 0 Å². The Morgan fingerprint density at radius 1 is 1.38 bits per heavy atom. The Kier molecular flexibility index (Phi) is 4.92. The van der Waals surface area contributed by atoms with E-state index in [9.17, 15) is 4.79 Å². The van der Waals surface area contributed by atoms with Crippen molar-refractivity contribution >= 4 is 23.1 Å². The van der Waals surface area contributed by atoms with Crippen LogP contribution in [0.4, 0.5) is 0 Å². The van der Waals surface area contributed by atoms with E-state index in [0.717, 1.165) is 12.0 Å². The van der Waals surface area contributed by atoms with Crippen LogP contribution in [-0.4, -0.2) is 10.9 Å². The number of nitrogens with two attached hydrogens (primary N) is 1. The maximum atomic E-state index is 11.3. The van der Waals surface area contributed by atoms with Crippen molar-refractivity contribution in [2.75, 3.05) is 0 Å².